The smallest absolute Gasteiger partial charge is 0.125 e. The highest BCUT2D eigenvalue weighted by molar-refractivity contribution is 5.60. The SMILES string of the molecule is CCNC(C)c1c(OC)cccc1N(C)C(C)C. The summed E-state index contributed by atoms with van der Waals surface area (Å²) in [5, 5.41) is 3.46. The second kappa shape index (κ2) is 6.64. The Kier molecular flexibility index (Phi) is 5.48. The molecule has 1 aromatic rings. The molecule has 1 N–H and O–H groups in total. The van der Waals surface area contributed by atoms with Gasteiger partial charge in [-0.1, -0.05) is 13.0 Å². The van der Waals surface area contributed by atoms with Gasteiger partial charge in [-0.2, -0.15) is 0 Å². The molecule has 0 spiro atoms. The van der Waals surface area contributed by atoms with Crippen LogP contribution in [0.1, 0.15) is 39.3 Å². The highest BCUT2D eigenvalue weighted by atomic mass is 16.5. The largest absolute Gasteiger partial charge is 0.496 e. The Balaban J connectivity index is 3.24. The number of rotatable bonds is 6. The molecule has 3 heteroatoms. The molecule has 0 aliphatic heterocycles. The lowest BCUT2D eigenvalue weighted by atomic mass is 10.0. The van der Waals surface area contributed by atoms with Crippen molar-refractivity contribution in [3.63, 3.8) is 0 Å². The zero-order valence-corrected chi connectivity index (χ0v) is 12.4. The second-order valence-electron chi connectivity index (χ2n) is 4.88. The van der Waals surface area contributed by atoms with E-state index in [1.165, 1.54) is 11.3 Å². The van der Waals surface area contributed by atoms with Crippen molar-refractivity contribution in [2.24, 2.45) is 0 Å². The highest BCUT2D eigenvalue weighted by Gasteiger charge is 2.18. The Hall–Kier alpha value is -1.22. The first-order valence-corrected chi connectivity index (χ1v) is 6.66. The fourth-order valence-corrected chi connectivity index (χ4v) is 2.14. The van der Waals surface area contributed by atoms with E-state index in [9.17, 15) is 0 Å². The molecule has 0 bridgehead atoms. The van der Waals surface area contributed by atoms with Crippen molar-refractivity contribution in [2.45, 2.75) is 39.8 Å². The molecule has 1 atom stereocenters. The summed E-state index contributed by atoms with van der Waals surface area (Å²) in [4.78, 5) is 2.28. The van der Waals surface area contributed by atoms with E-state index < -0.39 is 0 Å². The maximum atomic E-state index is 5.52. The van der Waals surface area contributed by atoms with Crippen molar-refractivity contribution >= 4 is 5.69 Å². The van der Waals surface area contributed by atoms with Crippen LogP contribution in [0.4, 0.5) is 5.69 Å². The molecule has 0 fully saturated rings. The van der Waals surface area contributed by atoms with Gasteiger partial charge in [0.25, 0.3) is 0 Å². The standard InChI is InChI=1S/C15H26N2O/c1-7-16-12(4)15-13(17(5)11(2)3)9-8-10-14(15)18-6/h8-12,16H,7H2,1-6H3. The van der Waals surface area contributed by atoms with Crippen LogP contribution in [0, 0.1) is 0 Å². The third-order valence-electron chi connectivity index (χ3n) is 3.36. The highest BCUT2D eigenvalue weighted by Crippen LogP contribution is 2.34. The molecule has 102 valence electrons. The fraction of sp³-hybridized carbons (Fsp3) is 0.600. The summed E-state index contributed by atoms with van der Waals surface area (Å²) in [7, 11) is 3.86. The number of nitrogens with zero attached hydrogens (tertiary/aromatic N) is 1. The van der Waals surface area contributed by atoms with Gasteiger partial charge in [0, 0.05) is 30.4 Å². The molecular weight excluding hydrogens is 224 g/mol. The number of methoxy groups -OCH3 is 1. The Morgan fingerprint density at radius 3 is 2.44 bits per heavy atom. The summed E-state index contributed by atoms with van der Waals surface area (Å²) < 4.78 is 5.52. The molecule has 0 radical (unpaired) electrons. The first-order chi connectivity index (χ1) is 8.52. The quantitative estimate of drug-likeness (QED) is 0.839. The summed E-state index contributed by atoms with van der Waals surface area (Å²) in [5.74, 6) is 0.952. The van der Waals surface area contributed by atoms with Gasteiger partial charge < -0.3 is 15.0 Å². The number of ether oxygens (including phenoxy) is 1. The summed E-state index contributed by atoms with van der Waals surface area (Å²) in [6.07, 6.45) is 0. The van der Waals surface area contributed by atoms with Crippen molar-refractivity contribution in [1.29, 1.82) is 0 Å². The van der Waals surface area contributed by atoms with Crippen LogP contribution in [0.5, 0.6) is 5.75 Å². The normalized spacial score (nSPS) is 12.6. The molecule has 1 aromatic carbocycles. The number of hydrogen-bond acceptors (Lipinski definition) is 3. The lowest BCUT2D eigenvalue weighted by Crippen LogP contribution is -2.29. The van der Waals surface area contributed by atoms with Crippen LogP contribution >= 0.6 is 0 Å². The van der Waals surface area contributed by atoms with E-state index >= 15 is 0 Å². The molecule has 0 heterocycles. The van der Waals surface area contributed by atoms with Crippen LogP contribution in [0.25, 0.3) is 0 Å². The Morgan fingerprint density at radius 2 is 1.94 bits per heavy atom. The average Bonchev–Trinajstić information content (AvgIpc) is 2.36. The minimum Gasteiger partial charge on any atom is -0.496 e. The van der Waals surface area contributed by atoms with Gasteiger partial charge in [-0.15, -0.1) is 0 Å². The Labute approximate surface area is 111 Å². The van der Waals surface area contributed by atoms with Gasteiger partial charge in [0.15, 0.2) is 0 Å². The van der Waals surface area contributed by atoms with E-state index in [1.807, 2.05) is 6.07 Å². The number of benzene rings is 1. The summed E-state index contributed by atoms with van der Waals surface area (Å²) in [6, 6.07) is 6.98. The van der Waals surface area contributed by atoms with E-state index in [4.69, 9.17) is 4.74 Å². The monoisotopic (exact) mass is 250 g/mol. The molecule has 0 amide bonds. The van der Waals surface area contributed by atoms with E-state index in [0.29, 0.717) is 6.04 Å². The third kappa shape index (κ3) is 3.16. The number of anilines is 1. The van der Waals surface area contributed by atoms with Crippen molar-refractivity contribution < 1.29 is 4.74 Å². The van der Waals surface area contributed by atoms with Gasteiger partial charge in [0.2, 0.25) is 0 Å². The van der Waals surface area contributed by atoms with Crippen LogP contribution in [0.3, 0.4) is 0 Å². The minimum atomic E-state index is 0.280. The molecule has 0 aliphatic carbocycles. The zero-order valence-electron chi connectivity index (χ0n) is 12.4. The predicted molar refractivity (Wildman–Crippen MR) is 78.6 cm³/mol. The van der Waals surface area contributed by atoms with Gasteiger partial charge in [0.1, 0.15) is 5.75 Å². The number of hydrogen-bond donors (Lipinski definition) is 1. The van der Waals surface area contributed by atoms with E-state index in [-0.39, 0.29) is 6.04 Å². The molecule has 0 saturated carbocycles. The first-order valence-electron chi connectivity index (χ1n) is 6.66. The average molecular weight is 250 g/mol. The van der Waals surface area contributed by atoms with E-state index in [0.717, 1.165) is 12.3 Å². The molecule has 1 rings (SSSR count). The van der Waals surface area contributed by atoms with Crippen molar-refractivity contribution in [1.82, 2.24) is 5.32 Å². The van der Waals surface area contributed by atoms with Gasteiger partial charge in [-0.05, 0) is 39.4 Å². The Morgan fingerprint density at radius 1 is 1.28 bits per heavy atom. The minimum absolute atomic E-state index is 0.280. The van der Waals surface area contributed by atoms with Gasteiger partial charge >= 0.3 is 0 Å². The molecule has 0 aliphatic rings. The lowest BCUT2D eigenvalue weighted by Gasteiger charge is -2.29. The molecule has 3 nitrogen and oxygen atoms in total. The Bertz CT molecular complexity index is 377. The first kappa shape index (κ1) is 14.8. The van der Waals surface area contributed by atoms with Crippen molar-refractivity contribution in [3.8, 4) is 5.75 Å². The van der Waals surface area contributed by atoms with Gasteiger partial charge in [-0.3, -0.25) is 0 Å². The van der Waals surface area contributed by atoms with Crippen LogP contribution < -0.4 is 15.0 Å². The topological polar surface area (TPSA) is 24.5 Å². The fourth-order valence-electron chi connectivity index (χ4n) is 2.14. The van der Waals surface area contributed by atoms with Gasteiger partial charge in [-0.25, -0.2) is 0 Å². The summed E-state index contributed by atoms with van der Waals surface area (Å²) >= 11 is 0. The molecule has 0 aromatic heterocycles. The molecule has 18 heavy (non-hydrogen) atoms. The van der Waals surface area contributed by atoms with Crippen molar-refractivity contribution in [3.05, 3.63) is 23.8 Å². The van der Waals surface area contributed by atoms with E-state index in [1.54, 1.807) is 7.11 Å². The van der Waals surface area contributed by atoms with Gasteiger partial charge in [0.05, 0.1) is 7.11 Å². The van der Waals surface area contributed by atoms with Crippen LogP contribution in [0.2, 0.25) is 0 Å². The maximum Gasteiger partial charge on any atom is 0.125 e. The van der Waals surface area contributed by atoms with Crippen LogP contribution in [0.15, 0.2) is 18.2 Å². The van der Waals surface area contributed by atoms with Crippen LogP contribution in [-0.4, -0.2) is 26.7 Å². The number of nitrogens with one attached hydrogen (secondary N) is 1. The van der Waals surface area contributed by atoms with E-state index in [2.05, 4.69) is 57.1 Å². The van der Waals surface area contributed by atoms with Crippen molar-refractivity contribution in [2.75, 3.05) is 25.6 Å². The zero-order chi connectivity index (χ0) is 13.7. The summed E-state index contributed by atoms with van der Waals surface area (Å²) in [6.45, 7) is 9.64. The maximum absolute atomic E-state index is 5.52. The molecular formula is C15H26N2O. The van der Waals surface area contributed by atoms with Crippen LogP contribution in [-0.2, 0) is 0 Å². The third-order valence-corrected chi connectivity index (χ3v) is 3.36. The molecule has 1 unspecified atom stereocenters. The molecule has 0 saturated heterocycles. The summed E-state index contributed by atoms with van der Waals surface area (Å²) in [5.41, 5.74) is 2.47. The predicted octanol–water partition coefficient (Wildman–Crippen LogP) is 3.21. The second-order valence-corrected chi connectivity index (χ2v) is 4.88. The lowest BCUT2D eigenvalue weighted by molar-refractivity contribution is 0.402.